The van der Waals surface area contributed by atoms with Gasteiger partial charge in [-0.3, -0.25) is 9.52 Å². The Morgan fingerprint density at radius 1 is 0.872 bits per heavy atom. The fourth-order valence-electron chi connectivity index (χ4n) is 4.64. The molecule has 4 aromatic carbocycles. The number of hydrogen-bond acceptors (Lipinski definition) is 5. The van der Waals surface area contributed by atoms with Crippen molar-refractivity contribution in [2.75, 3.05) is 23.8 Å². The first-order valence-corrected chi connectivity index (χ1v) is 14.0. The average Bonchev–Trinajstić information content (AvgIpc) is 3.25. The number of methoxy groups -OCH3 is 1. The molecule has 200 valence electrons. The minimum absolute atomic E-state index is 0.0900. The van der Waals surface area contributed by atoms with Crippen molar-refractivity contribution >= 4 is 49.1 Å². The summed E-state index contributed by atoms with van der Waals surface area (Å²) in [5.74, 6) is 0.741. The Labute approximate surface area is 227 Å². The number of nitrogens with zero attached hydrogens (tertiary/aromatic N) is 1. The fraction of sp³-hybridized carbons (Fsp3) is 0.167. The van der Waals surface area contributed by atoms with Gasteiger partial charge in [0.2, 0.25) is 0 Å². The van der Waals surface area contributed by atoms with E-state index in [0.29, 0.717) is 28.4 Å². The Balaban J connectivity index is 1.25. The van der Waals surface area contributed by atoms with Gasteiger partial charge in [-0.15, -0.1) is 0 Å². The topological polar surface area (TPSA) is 98.7 Å². The number of fused-ring (bicyclic) bond motifs is 3. The molecule has 0 aliphatic carbocycles. The van der Waals surface area contributed by atoms with Gasteiger partial charge < -0.3 is 19.4 Å². The summed E-state index contributed by atoms with van der Waals surface area (Å²) in [5, 5.41) is 5.10. The van der Waals surface area contributed by atoms with Crippen LogP contribution in [-0.4, -0.2) is 32.6 Å². The highest BCUT2D eigenvalue weighted by Gasteiger charge is 2.17. The van der Waals surface area contributed by atoms with Crippen molar-refractivity contribution in [1.29, 1.82) is 0 Å². The van der Waals surface area contributed by atoms with Crippen LogP contribution in [0.3, 0.4) is 0 Å². The summed E-state index contributed by atoms with van der Waals surface area (Å²) < 4.78 is 41.3. The number of sulfonamides is 1. The summed E-state index contributed by atoms with van der Waals surface area (Å²) in [6, 6.07) is 25.2. The van der Waals surface area contributed by atoms with Crippen LogP contribution in [-0.2, 0) is 21.4 Å². The van der Waals surface area contributed by atoms with Crippen molar-refractivity contribution in [2.45, 2.75) is 25.3 Å². The van der Waals surface area contributed by atoms with E-state index < -0.39 is 10.0 Å². The van der Waals surface area contributed by atoms with Crippen molar-refractivity contribution in [3.63, 3.8) is 0 Å². The molecule has 9 heteroatoms. The van der Waals surface area contributed by atoms with Crippen LogP contribution >= 0.6 is 0 Å². The molecule has 0 atom stereocenters. The van der Waals surface area contributed by atoms with E-state index in [1.54, 1.807) is 44.4 Å². The number of carbonyl (C=O) groups excluding carboxylic acids is 1. The molecule has 5 rings (SSSR count). The SMILES string of the molecule is CCn1c2ccccc2c2cc(NC(=O)COc3ccc(S(=O)(=O)Nc4ccc(OC)cc4)cc3C)ccc21. The van der Waals surface area contributed by atoms with Gasteiger partial charge in [0, 0.05) is 39.7 Å². The van der Waals surface area contributed by atoms with Gasteiger partial charge in [0.05, 0.1) is 12.0 Å². The smallest absolute Gasteiger partial charge is 0.262 e. The first-order valence-electron chi connectivity index (χ1n) is 12.5. The molecule has 0 saturated heterocycles. The lowest BCUT2D eigenvalue weighted by atomic mass is 10.1. The van der Waals surface area contributed by atoms with E-state index in [1.807, 2.05) is 30.3 Å². The van der Waals surface area contributed by atoms with Crippen molar-refractivity contribution in [3.05, 3.63) is 90.5 Å². The Kier molecular flexibility index (Phi) is 7.17. The van der Waals surface area contributed by atoms with E-state index >= 15 is 0 Å². The fourth-order valence-corrected chi connectivity index (χ4v) is 5.78. The van der Waals surface area contributed by atoms with Crippen LogP contribution in [0, 0.1) is 6.92 Å². The normalized spacial score (nSPS) is 11.5. The Morgan fingerprint density at radius 3 is 2.31 bits per heavy atom. The van der Waals surface area contributed by atoms with Crippen molar-refractivity contribution in [2.24, 2.45) is 0 Å². The van der Waals surface area contributed by atoms with Gasteiger partial charge in [-0.1, -0.05) is 18.2 Å². The molecule has 39 heavy (non-hydrogen) atoms. The van der Waals surface area contributed by atoms with E-state index in [4.69, 9.17) is 9.47 Å². The molecule has 0 saturated carbocycles. The predicted octanol–water partition coefficient (Wildman–Crippen LogP) is 5.95. The molecule has 0 aliphatic heterocycles. The molecule has 1 aromatic heterocycles. The lowest BCUT2D eigenvalue weighted by molar-refractivity contribution is -0.118. The van der Waals surface area contributed by atoms with Crippen LogP contribution in [0.2, 0.25) is 0 Å². The molecule has 5 aromatic rings. The zero-order chi connectivity index (χ0) is 27.6. The highest BCUT2D eigenvalue weighted by atomic mass is 32.2. The molecular formula is C30H29N3O5S. The Bertz CT molecular complexity index is 1780. The number of carbonyl (C=O) groups is 1. The monoisotopic (exact) mass is 543 g/mol. The van der Waals surface area contributed by atoms with E-state index in [-0.39, 0.29) is 17.4 Å². The number of anilines is 2. The van der Waals surface area contributed by atoms with Crippen molar-refractivity contribution in [1.82, 2.24) is 4.57 Å². The summed E-state index contributed by atoms with van der Waals surface area (Å²) in [6.45, 7) is 4.48. The summed E-state index contributed by atoms with van der Waals surface area (Å²) in [5.41, 5.74) is 3.96. The highest BCUT2D eigenvalue weighted by molar-refractivity contribution is 7.92. The number of para-hydroxylation sites is 1. The molecule has 0 radical (unpaired) electrons. The van der Waals surface area contributed by atoms with E-state index in [2.05, 4.69) is 33.7 Å². The average molecular weight is 544 g/mol. The van der Waals surface area contributed by atoms with Crippen LogP contribution in [0.25, 0.3) is 21.8 Å². The molecule has 0 unspecified atom stereocenters. The third kappa shape index (κ3) is 5.39. The standard InChI is InChI=1S/C30H29N3O5S/c1-4-33-27-8-6-5-7-25(27)26-18-22(11-15-28(26)33)31-30(34)19-38-29-16-14-24(17-20(29)2)39(35,36)32-21-9-12-23(37-3)13-10-21/h5-18,32H,4,19H2,1-3H3,(H,31,34). The van der Waals surface area contributed by atoms with E-state index in [1.165, 1.54) is 12.1 Å². The third-order valence-corrected chi connectivity index (χ3v) is 7.91. The van der Waals surface area contributed by atoms with Crippen LogP contribution in [0.5, 0.6) is 11.5 Å². The predicted molar refractivity (Wildman–Crippen MR) is 154 cm³/mol. The first-order chi connectivity index (χ1) is 18.8. The largest absolute Gasteiger partial charge is 0.497 e. The number of aryl methyl sites for hydroxylation is 2. The van der Waals surface area contributed by atoms with Crippen LogP contribution in [0.4, 0.5) is 11.4 Å². The maximum Gasteiger partial charge on any atom is 0.262 e. The molecule has 1 heterocycles. The summed E-state index contributed by atoms with van der Waals surface area (Å²) in [4.78, 5) is 12.8. The second-order valence-corrected chi connectivity index (χ2v) is 10.8. The van der Waals surface area contributed by atoms with Gasteiger partial charge in [-0.05, 0) is 86.1 Å². The maximum atomic E-state index is 12.8. The van der Waals surface area contributed by atoms with Gasteiger partial charge in [-0.2, -0.15) is 0 Å². The third-order valence-electron chi connectivity index (χ3n) is 6.53. The lowest BCUT2D eigenvalue weighted by Crippen LogP contribution is -2.20. The lowest BCUT2D eigenvalue weighted by Gasteiger charge is -2.13. The zero-order valence-corrected chi connectivity index (χ0v) is 22.7. The molecule has 2 N–H and O–H groups in total. The van der Waals surface area contributed by atoms with Crippen molar-refractivity contribution in [3.8, 4) is 11.5 Å². The highest BCUT2D eigenvalue weighted by Crippen LogP contribution is 2.31. The molecule has 1 amide bonds. The minimum Gasteiger partial charge on any atom is -0.497 e. The van der Waals surface area contributed by atoms with Crippen molar-refractivity contribution < 1.29 is 22.7 Å². The number of rotatable bonds is 9. The second kappa shape index (κ2) is 10.7. The van der Waals surface area contributed by atoms with E-state index in [9.17, 15) is 13.2 Å². The second-order valence-electron chi connectivity index (χ2n) is 9.09. The molecule has 8 nitrogen and oxygen atoms in total. The van der Waals surface area contributed by atoms with Gasteiger partial charge >= 0.3 is 0 Å². The molecule has 0 aliphatic rings. The Hall–Kier alpha value is -4.50. The number of benzene rings is 4. The number of nitrogens with one attached hydrogen (secondary N) is 2. The van der Waals surface area contributed by atoms with Gasteiger partial charge in [0.15, 0.2) is 6.61 Å². The number of hydrogen-bond donors (Lipinski definition) is 2. The maximum absolute atomic E-state index is 12.8. The summed E-state index contributed by atoms with van der Waals surface area (Å²) in [7, 11) is -2.26. The molecule has 0 bridgehead atoms. The van der Waals surface area contributed by atoms with Crippen LogP contribution < -0.4 is 19.5 Å². The van der Waals surface area contributed by atoms with E-state index in [0.717, 1.165) is 28.4 Å². The van der Waals surface area contributed by atoms with Gasteiger partial charge in [-0.25, -0.2) is 8.42 Å². The van der Waals surface area contributed by atoms with Gasteiger partial charge in [0.1, 0.15) is 11.5 Å². The summed E-state index contributed by atoms with van der Waals surface area (Å²) >= 11 is 0. The zero-order valence-electron chi connectivity index (χ0n) is 21.9. The molecule has 0 fully saturated rings. The van der Waals surface area contributed by atoms with Crippen LogP contribution in [0.15, 0.2) is 89.8 Å². The molecular weight excluding hydrogens is 514 g/mol. The quantitative estimate of drug-likeness (QED) is 0.239. The number of amides is 1. The molecule has 0 spiro atoms. The number of ether oxygens (including phenoxy) is 2. The minimum atomic E-state index is -3.81. The summed E-state index contributed by atoms with van der Waals surface area (Å²) in [6.07, 6.45) is 0. The Morgan fingerprint density at radius 2 is 1.59 bits per heavy atom. The number of aromatic nitrogens is 1. The van der Waals surface area contributed by atoms with Crippen LogP contribution in [0.1, 0.15) is 12.5 Å². The van der Waals surface area contributed by atoms with Gasteiger partial charge in [0.25, 0.3) is 15.9 Å². The first kappa shape index (κ1) is 26.1.